The molecule has 0 N–H and O–H groups in total. The van der Waals surface area contributed by atoms with E-state index in [1.807, 2.05) is 78.9 Å². The molecule has 2 heterocycles. The molecule has 5 heteroatoms. The molecule has 5 aromatic carbocycles. The van der Waals surface area contributed by atoms with Gasteiger partial charge >= 0.3 is 0 Å². The molecule has 2 aromatic heterocycles. The Morgan fingerprint density at radius 3 is 2.08 bits per heavy atom. The summed E-state index contributed by atoms with van der Waals surface area (Å²) in [5.41, 5.74) is 7.11. The van der Waals surface area contributed by atoms with Gasteiger partial charge in [0, 0.05) is 35.1 Å². The van der Waals surface area contributed by atoms with Gasteiger partial charge in [0.1, 0.15) is 0 Å². The van der Waals surface area contributed by atoms with Gasteiger partial charge in [-0.15, -0.1) is 0 Å². The minimum Gasteiger partial charge on any atom is -0.307 e. The lowest BCUT2D eigenvalue weighted by molar-refractivity contribution is -0.384. The van der Waals surface area contributed by atoms with Crippen molar-refractivity contribution in [3.05, 3.63) is 153 Å². The molecule has 0 aliphatic rings. The van der Waals surface area contributed by atoms with E-state index in [1.165, 1.54) is 12.1 Å². The molecule has 0 unspecified atom stereocenters. The molecule has 0 spiro atoms. The fourth-order valence-electron chi connectivity index (χ4n) is 5.73. The number of aromatic nitrogens is 1. The van der Waals surface area contributed by atoms with Crippen molar-refractivity contribution in [3.63, 3.8) is 0 Å². The van der Waals surface area contributed by atoms with E-state index in [2.05, 4.69) is 22.6 Å². The maximum absolute atomic E-state index is 14.4. The van der Waals surface area contributed by atoms with Crippen LogP contribution in [0.4, 0.5) is 5.69 Å². The fraction of sp³-hybridized carbons (Fsp3) is 0.0294. The maximum Gasteiger partial charge on any atom is 0.269 e. The highest BCUT2D eigenvalue weighted by molar-refractivity contribution is 6.14. The minimum absolute atomic E-state index is 0.00569. The highest BCUT2D eigenvalue weighted by atomic mass is 16.6. The lowest BCUT2D eigenvalue weighted by Crippen LogP contribution is -2.10. The first-order valence-corrected chi connectivity index (χ1v) is 12.8. The molecule has 5 nitrogen and oxygen atoms in total. The Labute approximate surface area is 223 Å². The molecule has 0 aliphatic heterocycles. The largest absolute Gasteiger partial charge is 0.307 e. The third kappa shape index (κ3) is 3.67. The second kappa shape index (κ2) is 8.92. The normalized spacial score (nSPS) is 11.5. The van der Waals surface area contributed by atoms with Gasteiger partial charge in [-0.2, -0.15) is 0 Å². The second-order valence-corrected chi connectivity index (χ2v) is 9.77. The first-order chi connectivity index (χ1) is 19.1. The number of non-ortho nitro benzene ring substituents is 1. The predicted molar refractivity (Wildman–Crippen MR) is 157 cm³/mol. The van der Waals surface area contributed by atoms with Crippen molar-refractivity contribution in [2.24, 2.45) is 0 Å². The van der Waals surface area contributed by atoms with Crippen LogP contribution in [-0.2, 0) is 6.42 Å². The number of nitro benzene ring substituents is 1. The Hall–Kier alpha value is -5.29. The van der Waals surface area contributed by atoms with Gasteiger partial charge in [-0.25, -0.2) is 0 Å². The van der Waals surface area contributed by atoms with Crippen LogP contribution in [0, 0.1) is 10.1 Å². The standard InChI is InChI=1S/C34H22N2O3/c37-34-27(19-22-9-3-1-4-10-22)21-26-20-25-13-7-8-14-29(25)35-32(24-15-17-28(18-16-24)36(38)39)30(31(34)33(26)35)23-11-5-2-6-12-23/h1-18,20-21H,19H2. The number of pyridine rings is 1. The molecular formula is C34H22N2O3. The topological polar surface area (TPSA) is 64.6 Å². The molecule has 0 fully saturated rings. The number of fused-ring (bicyclic) bond motifs is 2. The van der Waals surface area contributed by atoms with Gasteiger partial charge < -0.3 is 4.40 Å². The number of hydrogen-bond acceptors (Lipinski definition) is 3. The SMILES string of the molecule is O=c1c(Cc2ccccc2)cc2cc3ccccc3n3c(-c4ccc([N+](=O)[O-])cc4)c(-c4ccccc4)c1c23. The van der Waals surface area contributed by atoms with Crippen LogP contribution in [0.2, 0.25) is 0 Å². The molecule has 0 atom stereocenters. The molecule has 0 saturated heterocycles. The van der Waals surface area contributed by atoms with Gasteiger partial charge in [-0.1, -0.05) is 78.9 Å². The Kier molecular flexibility index (Phi) is 5.23. The Morgan fingerprint density at radius 2 is 1.36 bits per heavy atom. The summed E-state index contributed by atoms with van der Waals surface area (Å²) in [4.78, 5) is 25.4. The summed E-state index contributed by atoms with van der Waals surface area (Å²) >= 11 is 0. The number of benzene rings is 5. The smallest absolute Gasteiger partial charge is 0.269 e. The summed E-state index contributed by atoms with van der Waals surface area (Å²) in [6.45, 7) is 0. The minimum atomic E-state index is -0.394. The summed E-state index contributed by atoms with van der Waals surface area (Å²) < 4.78 is 2.16. The number of nitrogens with zero attached hydrogens (tertiary/aromatic N) is 2. The lowest BCUT2D eigenvalue weighted by atomic mass is 9.94. The molecule has 7 aromatic rings. The molecule has 0 bridgehead atoms. The number of rotatable bonds is 5. The molecule has 7 rings (SSSR count). The third-order valence-electron chi connectivity index (χ3n) is 7.43. The molecule has 0 amide bonds. The number of hydrogen-bond donors (Lipinski definition) is 0. The van der Waals surface area contributed by atoms with E-state index in [-0.39, 0.29) is 11.1 Å². The van der Waals surface area contributed by atoms with Crippen LogP contribution in [-0.4, -0.2) is 9.32 Å². The van der Waals surface area contributed by atoms with Crippen molar-refractivity contribution in [2.45, 2.75) is 6.42 Å². The van der Waals surface area contributed by atoms with E-state index in [9.17, 15) is 14.9 Å². The van der Waals surface area contributed by atoms with Crippen LogP contribution in [0.5, 0.6) is 0 Å². The highest BCUT2D eigenvalue weighted by Crippen LogP contribution is 2.43. The van der Waals surface area contributed by atoms with Gasteiger partial charge in [-0.05, 0) is 52.4 Å². The van der Waals surface area contributed by atoms with E-state index in [0.29, 0.717) is 11.8 Å². The third-order valence-corrected chi connectivity index (χ3v) is 7.43. The lowest BCUT2D eigenvalue weighted by Gasteiger charge is -2.11. The van der Waals surface area contributed by atoms with E-state index in [1.54, 1.807) is 12.1 Å². The van der Waals surface area contributed by atoms with Gasteiger partial charge in [0.15, 0.2) is 5.43 Å². The van der Waals surface area contributed by atoms with Crippen LogP contribution < -0.4 is 5.43 Å². The second-order valence-electron chi connectivity index (χ2n) is 9.77. The van der Waals surface area contributed by atoms with Crippen LogP contribution in [0.25, 0.3) is 49.6 Å². The number of nitro groups is 1. The van der Waals surface area contributed by atoms with E-state index >= 15 is 0 Å². The van der Waals surface area contributed by atoms with Gasteiger partial charge in [-0.3, -0.25) is 14.9 Å². The molecule has 186 valence electrons. The van der Waals surface area contributed by atoms with Crippen LogP contribution in [0.1, 0.15) is 11.1 Å². The Morgan fingerprint density at radius 1 is 0.692 bits per heavy atom. The summed E-state index contributed by atoms with van der Waals surface area (Å²) in [6, 6.07) is 38.9. The zero-order chi connectivity index (χ0) is 26.5. The van der Waals surface area contributed by atoms with Crippen LogP contribution in [0.15, 0.2) is 126 Å². The average molecular weight is 507 g/mol. The van der Waals surface area contributed by atoms with E-state index < -0.39 is 4.92 Å². The van der Waals surface area contributed by atoms with Crippen molar-refractivity contribution in [1.82, 2.24) is 4.40 Å². The molecular weight excluding hydrogens is 484 g/mol. The fourth-order valence-corrected chi connectivity index (χ4v) is 5.73. The first kappa shape index (κ1) is 22.9. The van der Waals surface area contributed by atoms with Crippen molar-refractivity contribution in [3.8, 4) is 22.4 Å². The summed E-state index contributed by atoms with van der Waals surface area (Å²) in [5.74, 6) is 0. The van der Waals surface area contributed by atoms with E-state index in [4.69, 9.17) is 0 Å². The van der Waals surface area contributed by atoms with Crippen molar-refractivity contribution in [1.29, 1.82) is 0 Å². The summed E-state index contributed by atoms with van der Waals surface area (Å²) in [6.07, 6.45) is 0.532. The molecule has 0 saturated carbocycles. The predicted octanol–water partition coefficient (Wildman–Crippen LogP) is 7.88. The van der Waals surface area contributed by atoms with Gasteiger partial charge in [0.2, 0.25) is 0 Å². The monoisotopic (exact) mass is 506 g/mol. The Bertz CT molecular complexity index is 2060. The van der Waals surface area contributed by atoms with Crippen LogP contribution >= 0.6 is 0 Å². The molecule has 0 radical (unpaired) electrons. The molecule has 39 heavy (non-hydrogen) atoms. The van der Waals surface area contributed by atoms with Crippen molar-refractivity contribution in [2.75, 3.05) is 0 Å². The zero-order valence-corrected chi connectivity index (χ0v) is 20.9. The summed E-state index contributed by atoms with van der Waals surface area (Å²) in [5, 5.41) is 14.1. The Balaban J connectivity index is 1.67. The zero-order valence-electron chi connectivity index (χ0n) is 20.9. The highest BCUT2D eigenvalue weighted by Gasteiger charge is 2.25. The van der Waals surface area contributed by atoms with Crippen LogP contribution in [0.3, 0.4) is 0 Å². The van der Waals surface area contributed by atoms with Gasteiger partial charge in [0.05, 0.1) is 27.0 Å². The van der Waals surface area contributed by atoms with Crippen molar-refractivity contribution >= 4 is 32.9 Å². The first-order valence-electron chi connectivity index (χ1n) is 12.8. The van der Waals surface area contributed by atoms with E-state index in [0.717, 1.165) is 55.3 Å². The summed E-state index contributed by atoms with van der Waals surface area (Å²) in [7, 11) is 0. The van der Waals surface area contributed by atoms with Crippen molar-refractivity contribution < 1.29 is 4.92 Å². The molecule has 0 aliphatic carbocycles. The van der Waals surface area contributed by atoms with Gasteiger partial charge in [0.25, 0.3) is 5.69 Å². The average Bonchev–Trinajstić information content (AvgIpc) is 3.34. The quantitative estimate of drug-likeness (QED) is 0.136. The number of para-hydroxylation sites is 1. The maximum atomic E-state index is 14.4.